The standard InChI is InChI=1S/C8H5F3N2O6/c9-8(10,11)19-4-2-5(13(17)18)12-3(7(4)16)1-6(14)15/h2,16H,1H2,(H,14,15). The molecule has 0 saturated heterocycles. The zero-order valence-electron chi connectivity index (χ0n) is 8.84. The van der Waals surface area contributed by atoms with Crippen molar-refractivity contribution < 1.29 is 37.8 Å². The van der Waals surface area contributed by atoms with E-state index in [2.05, 4.69) is 9.72 Å². The van der Waals surface area contributed by atoms with Gasteiger partial charge in [-0.2, -0.15) is 0 Å². The van der Waals surface area contributed by atoms with Gasteiger partial charge in [0.1, 0.15) is 6.42 Å². The van der Waals surface area contributed by atoms with Crippen molar-refractivity contribution in [2.24, 2.45) is 0 Å². The highest BCUT2D eigenvalue weighted by Gasteiger charge is 2.35. The largest absolute Gasteiger partial charge is 0.573 e. The Morgan fingerprint density at radius 3 is 2.53 bits per heavy atom. The quantitative estimate of drug-likeness (QED) is 0.628. The summed E-state index contributed by atoms with van der Waals surface area (Å²) in [4.78, 5) is 22.8. The van der Waals surface area contributed by atoms with Gasteiger partial charge in [-0.1, -0.05) is 0 Å². The summed E-state index contributed by atoms with van der Waals surface area (Å²) in [5.41, 5.74) is -0.805. The number of aromatic nitrogens is 1. The third kappa shape index (κ3) is 3.97. The van der Waals surface area contributed by atoms with Crippen LogP contribution >= 0.6 is 0 Å². The van der Waals surface area contributed by atoms with Crippen molar-refractivity contribution >= 4 is 11.8 Å². The van der Waals surface area contributed by atoms with E-state index in [0.717, 1.165) is 0 Å². The number of aromatic hydroxyl groups is 1. The Hall–Kier alpha value is -2.59. The maximum absolute atomic E-state index is 12.0. The SMILES string of the molecule is O=C(O)Cc1nc([N+](=O)[O-])cc(OC(F)(F)F)c1O. The first kappa shape index (κ1) is 14.5. The lowest BCUT2D eigenvalue weighted by Crippen LogP contribution is -2.18. The molecule has 0 bridgehead atoms. The number of carbonyl (C=O) groups is 1. The van der Waals surface area contributed by atoms with Gasteiger partial charge in [0.2, 0.25) is 11.4 Å². The van der Waals surface area contributed by atoms with Crippen LogP contribution in [0.2, 0.25) is 0 Å². The third-order valence-electron chi connectivity index (χ3n) is 1.75. The van der Waals surface area contributed by atoms with E-state index in [1.54, 1.807) is 0 Å². The van der Waals surface area contributed by atoms with Gasteiger partial charge in [-0.3, -0.25) is 4.79 Å². The number of halogens is 3. The molecule has 0 aliphatic rings. The molecule has 0 amide bonds. The Morgan fingerprint density at radius 2 is 2.11 bits per heavy atom. The fourth-order valence-corrected chi connectivity index (χ4v) is 1.11. The Balaban J connectivity index is 3.32. The highest BCUT2D eigenvalue weighted by atomic mass is 19.4. The molecule has 0 unspecified atom stereocenters. The van der Waals surface area contributed by atoms with Crippen LogP contribution in [0, 0.1) is 10.1 Å². The van der Waals surface area contributed by atoms with Crippen LogP contribution in [0.4, 0.5) is 19.0 Å². The smallest absolute Gasteiger partial charge is 0.501 e. The summed E-state index contributed by atoms with van der Waals surface area (Å²) in [6.07, 6.45) is -6.20. The lowest BCUT2D eigenvalue weighted by atomic mass is 10.2. The lowest BCUT2D eigenvalue weighted by Gasteiger charge is -2.10. The molecule has 8 nitrogen and oxygen atoms in total. The Morgan fingerprint density at radius 1 is 1.53 bits per heavy atom. The molecule has 1 rings (SSSR count). The first-order chi connectivity index (χ1) is 8.60. The summed E-state index contributed by atoms with van der Waals surface area (Å²) < 4.78 is 39.4. The summed E-state index contributed by atoms with van der Waals surface area (Å²) in [6.45, 7) is 0. The summed E-state index contributed by atoms with van der Waals surface area (Å²) in [7, 11) is 0. The fraction of sp³-hybridized carbons (Fsp3) is 0.250. The predicted molar refractivity (Wildman–Crippen MR) is 50.6 cm³/mol. The van der Waals surface area contributed by atoms with Gasteiger partial charge in [0, 0.05) is 0 Å². The van der Waals surface area contributed by atoms with Crippen molar-refractivity contribution in [2.75, 3.05) is 0 Å². The van der Waals surface area contributed by atoms with Crippen molar-refractivity contribution in [1.82, 2.24) is 4.98 Å². The van der Waals surface area contributed by atoms with Gasteiger partial charge < -0.3 is 25.1 Å². The van der Waals surface area contributed by atoms with Gasteiger partial charge >= 0.3 is 18.1 Å². The third-order valence-corrected chi connectivity index (χ3v) is 1.75. The number of ether oxygens (including phenoxy) is 1. The number of nitrogens with zero attached hydrogens (tertiary/aromatic N) is 2. The number of carboxylic acid groups (broad SMARTS) is 1. The summed E-state index contributed by atoms with van der Waals surface area (Å²) in [5, 5.41) is 28.2. The van der Waals surface area contributed by atoms with Gasteiger partial charge in [-0.15, -0.1) is 13.2 Å². The van der Waals surface area contributed by atoms with Crippen LogP contribution in [0.5, 0.6) is 11.5 Å². The number of aliphatic carboxylic acids is 1. The van der Waals surface area contributed by atoms with E-state index >= 15 is 0 Å². The Kier molecular flexibility index (Phi) is 3.77. The molecule has 104 valence electrons. The van der Waals surface area contributed by atoms with Gasteiger partial charge in [-0.05, 0) is 9.91 Å². The van der Waals surface area contributed by atoms with Crippen LogP contribution < -0.4 is 4.74 Å². The van der Waals surface area contributed by atoms with Crippen LogP contribution in [-0.4, -0.2) is 32.5 Å². The van der Waals surface area contributed by atoms with Crippen LogP contribution in [0.1, 0.15) is 5.69 Å². The number of alkyl halides is 3. The van der Waals surface area contributed by atoms with E-state index < -0.39 is 46.7 Å². The topological polar surface area (TPSA) is 123 Å². The van der Waals surface area contributed by atoms with Crippen LogP contribution in [0.25, 0.3) is 0 Å². The van der Waals surface area contributed by atoms with Crippen LogP contribution in [0.15, 0.2) is 6.07 Å². The normalized spacial score (nSPS) is 11.1. The first-order valence-electron chi connectivity index (χ1n) is 4.45. The molecule has 0 fully saturated rings. The molecule has 0 radical (unpaired) electrons. The van der Waals surface area contributed by atoms with Crippen molar-refractivity contribution in [3.05, 3.63) is 21.9 Å². The summed E-state index contributed by atoms with van der Waals surface area (Å²) >= 11 is 0. The highest BCUT2D eigenvalue weighted by Crippen LogP contribution is 2.36. The molecule has 0 aliphatic heterocycles. The Bertz CT molecular complexity index is 530. The number of rotatable bonds is 4. The molecule has 1 aromatic rings. The zero-order valence-corrected chi connectivity index (χ0v) is 8.84. The average molecular weight is 282 g/mol. The summed E-state index contributed by atoms with van der Waals surface area (Å²) in [5.74, 6) is -5.12. The van der Waals surface area contributed by atoms with E-state index in [0.29, 0.717) is 0 Å². The second-order valence-corrected chi connectivity index (χ2v) is 3.15. The van der Waals surface area contributed by atoms with Crippen molar-refractivity contribution in [3.8, 4) is 11.5 Å². The fourth-order valence-electron chi connectivity index (χ4n) is 1.11. The minimum Gasteiger partial charge on any atom is -0.501 e. The molecule has 1 aromatic heterocycles. The van der Waals surface area contributed by atoms with E-state index in [1.165, 1.54) is 0 Å². The molecular formula is C8H5F3N2O6. The molecule has 0 aliphatic carbocycles. The molecule has 0 aromatic carbocycles. The van der Waals surface area contributed by atoms with Gasteiger partial charge in [0.25, 0.3) is 0 Å². The number of hydrogen-bond donors (Lipinski definition) is 2. The zero-order chi connectivity index (χ0) is 14.8. The maximum Gasteiger partial charge on any atom is 0.573 e. The van der Waals surface area contributed by atoms with Crippen LogP contribution in [0.3, 0.4) is 0 Å². The molecular weight excluding hydrogens is 277 g/mol. The second kappa shape index (κ2) is 4.96. The van der Waals surface area contributed by atoms with Crippen molar-refractivity contribution in [3.63, 3.8) is 0 Å². The number of nitro groups is 1. The molecule has 2 N–H and O–H groups in total. The maximum atomic E-state index is 12.0. The number of carboxylic acids is 1. The van der Waals surface area contributed by atoms with E-state index in [4.69, 9.17) is 5.11 Å². The number of hydrogen-bond acceptors (Lipinski definition) is 6. The Labute approximate surface area is 102 Å². The molecule has 1 heterocycles. The van der Waals surface area contributed by atoms with Gasteiger partial charge in [0.15, 0.2) is 5.75 Å². The summed E-state index contributed by atoms with van der Waals surface area (Å²) in [6, 6.07) is 0.244. The molecule has 0 atom stereocenters. The molecule has 11 heteroatoms. The van der Waals surface area contributed by atoms with Gasteiger partial charge in [0.05, 0.1) is 6.07 Å². The van der Waals surface area contributed by atoms with E-state index in [-0.39, 0.29) is 6.07 Å². The van der Waals surface area contributed by atoms with Gasteiger partial charge in [-0.25, -0.2) is 0 Å². The van der Waals surface area contributed by atoms with Crippen molar-refractivity contribution in [2.45, 2.75) is 12.8 Å². The van der Waals surface area contributed by atoms with Crippen LogP contribution in [-0.2, 0) is 11.2 Å². The predicted octanol–water partition coefficient (Wildman–Crippen LogP) is 1.22. The first-order valence-corrected chi connectivity index (χ1v) is 4.45. The average Bonchev–Trinajstić information content (AvgIpc) is 2.20. The van der Waals surface area contributed by atoms with E-state index in [1.807, 2.05) is 0 Å². The molecule has 0 saturated carbocycles. The lowest BCUT2D eigenvalue weighted by molar-refractivity contribution is -0.389. The molecule has 19 heavy (non-hydrogen) atoms. The van der Waals surface area contributed by atoms with Crippen molar-refractivity contribution in [1.29, 1.82) is 0 Å². The monoisotopic (exact) mass is 282 g/mol. The van der Waals surface area contributed by atoms with E-state index in [9.17, 15) is 33.2 Å². The molecule has 0 spiro atoms. The highest BCUT2D eigenvalue weighted by molar-refractivity contribution is 5.71. The minimum atomic E-state index is -5.20. The minimum absolute atomic E-state index is 0.244. The second-order valence-electron chi connectivity index (χ2n) is 3.15. The number of pyridine rings is 1.